The van der Waals surface area contributed by atoms with Crippen molar-refractivity contribution in [1.29, 1.82) is 0 Å². The lowest BCUT2D eigenvalue weighted by Gasteiger charge is -2.36. The molecule has 7 nitrogen and oxygen atoms in total. The van der Waals surface area contributed by atoms with E-state index in [4.69, 9.17) is 15.2 Å². The number of ether oxygens (including phenoxy) is 2. The molecule has 0 aromatic heterocycles. The maximum atomic E-state index is 13.3. The van der Waals surface area contributed by atoms with Crippen molar-refractivity contribution in [2.24, 2.45) is 5.73 Å². The van der Waals surface area contributed by atoms with Gasteiger partial charge >= 0.3 is 6.18 Å². The first-order valence-corrected chi connectivity index (χ1v) is 11.1. The van der Waals surface area contributed by atoms with Crippen LogP contribution in [0.4, 0.5) is 18.9 Å². The van der Waals surface area contributed by atoms with E-state index >= 15 is 0 Å². The van der Waals surface area contributed by atoms with Crippen molar-refractivity contribution < 1.29 is 32.2 Å². The number of alkyl halides is 3. The summed E-state index contributed by atoms with van der Waals surface area (Å²) in [7, 11) is 1.72. The zero-order chi connectivity index (χ0) is 24.5. The summed E-state index contributed by atoms with van der Waals surface area (Å²) in [5.41, 5.74) is 5.63. The minimum absolute atomic E-state index is 0.0624. The zero-order valence-electron chi connectivity index (χ0n) is 18.6. The number of hydrogen-bond donors (Lipinski definition) is 2. The van der Waals surface area contributed by atoms with Crippen molar-refractivity contribution in [2.45, 2.75) is 43.7 Å². The third-order valence-corrected chi connectivity index (χ3v) is 6.25. The Hall–Kier alpha value is -3.11. The van der Waals surface area contributed by atoms with E-state index in [0.29, 0.717) is 18.0 Å². The maximum Gasteiger partial charge on any atom is 0.416 e. The molecule has 1 saturated heterocycles. The number of anilines is 1. The van der Waals surface area contributed by atoms with Crippen LogP contribution in [0.3, 0.4) is 0 Å². The third kappa shape index (κ3) is 5.02. The van der Waals surface area contributed by atoms with Gasteiger partial charge in [-0.05, 0) is 61.7 Å². The number of likely N-dealkylation sites (N-methyl/N-ethyl adjacent to an activating group) is 1. The molecule has 0 spiro atoms. The fourth-order valence-electron chi connectivity index (χ4n) is 4.34. The lowest BCUT2D eigenvalue weighted by atomic mass is 10.0. The van der Waals surface area contributed by atoms with Gasteiger partial charge in [-0.2, -0.15) is 13.2 Å². The molecule has 0 saturated carbocycles. The van der Waals surface area contributed by atoms with E-state index in [2.05, 4.69) is 5.32 Å². The van der Waals surface area contributed by atoms with Crippen molar-refractivity contribution in [2.75, 3.05) is 25.5 Å². The number of halogens is 3. The molecule has 2 aromatic rings. The van der Waals surface area contributed by atoms with Crippen LogP contribution in [0, 0.1) is 0 Å². The van der Waals surface area contributed by atoms with E-state index in [1.807, 2.05) is 0 Å². The summed E-state index contributed by atoms with van der Waals surface area (Å²) in [5, 5.41) is 2.63. The van der Waals surface area contributed by atoms with Gasteiger partial charge in [0.25, 0.3) is 11.8 Å². The zero-order valence-corrected chi connectivity index (χ0v) is 18.6. The van der Waals surface area contributed by atoms with Gasteiger partial charge in [-0.25, -0.2) is 0 Å². The Bertz CT molecular complexity index is 1060. The predicted molar refractivity (Wildman–Crippen MR) is 119 cm³/mol. The molecule has 0 unspecified atom stereocenters. The normalized spacial score (nSPS) is 23.0. The summed E-state index contributed by atoms with van der Waals surface area (Å²) in [6.07, 6.45) is -2.42. The number of nitrogens with two attached hydrogens (primary N) is 1. The molecule has 4 rings (SSSR count). The van der Waals surface area contributed by atoms with Crippen LogP contribution >= 0.6 is 0 Å². The van der Waals surface area contributed by atoms with Gasteiger partial charge in [0.05, 0.1) is 23.3 Å². The van der Waals surface area contributed by atoms with E-state index in [9.17, 15) is 22.8 Å². The first-order valence-electron chi connectivity index (χ1n) is 11.1. The van der Waals surface area contributed by atoms with Gasteiger partial charge in [0.2, 0.25) is 0 Å². The molecule has 34 heavy (non-hydrogen) atoms. The second kappa shape index (κ2) is 9.63. The molecule has 0 bridgehead atoms. The van der Waals surface area contributed by atoms with Crippen LogP contribution in [-0.2, 0) is 10.9 Å². The van der Waals surface area contributed by atoms with Gasteiger partial charge in [-0.15, -0.1) is 0 Å². The molecule has 2 heterocycles. The number of hydrogen-bond acceptors (Lipinski definition) is 5. The number of carbonyl (C=O) groups excluding carboxylic acids is 2. The van der Waals surface area contributed by atoms with E-state index in [-0.39, 0.29) is 41.9 Å². The maximum absolute atomic E-state index is 13.3. The Morgan fingerprint density at radius 1 is 1.18 bits per heavy atom. The Labute approximate surface area is 195 Å². The van der Waals surface area contributed by atoms with Crippen molar-refractivity contribution in [3.8, 4) is 5.75 Å². The van der Waals surface area contributed by atoms with Crippen LogP contribution < -0.4 is 15.8 Å². The molecule has 0 radical (unpaired) electrons. The lowest BCUT2D eigenvalue weighted by molar-refractivity contribution is -0.137. The highest BCUT2D eigenvalue weighted by Crippen LogP contribution is 2.32. The molecule has 2 aliphatic heterocycles. The Morgan fingerprint density at radius 2 is 1.91 bits per heavy atom. The fourth-order valence-corrected chi connectivity index (χ4v) is 4.34. The SMILES string of the molecule is CN1C(=O)c2cc(NC(=O)c3ccc(C(F)(F)F)cc3)ccc2OC[C@@H]2O[C@H](CN)CCC[C@@H]21. The van der Waals surface area contributed by atoms with Crippen molar-refractivity contribution in [3.63, 3.8) is 0 Å². The van der Waals surface area contributed by atoms with E-state index < -0.39 is 17.6 Å². The highest BCUT2D eigenvalue weighted by Gasteiger charge is 2.37. The third-order valence-electron chi connectivity index (χ3n) is 6.25. The number of benzene rings is 2. The number of carbonyl (C=O) groups is 2. The number of fused-ring (bicyclic) bond motifs is 2. The van der Waals surface area contributed by atoms with E-state index in [0.717, 1.165) is 43.5 Å². The second-order valence-electron chi connectivity index (χ2n) is 8.50. The number of nitrogens with one attached hydrogen (secondary N) is 1. The Morgan fingerprint density at radius 3 is 2.59 bits per heavy atom. The number of rotatable bonds is 3. The van der Waals surface area contributed by atoms with Crippen molar-refractivity contribution in [3.05, 3.63) is 59.2 Å². The van der Waals surface area contributed by atoms with Crippen LogP contribution in [0.2, 0.25) is 0 Å². The first kappa shape index (κ1) is 24.0. The Kier molecular flexibility index (Phi) is 6.81. The average Bonchev–Trinajstić information content (AvgIpc) is 3.03. The Balaban J connectivity index is 1.54. The minimum atomic E-state index is -4.48. The molecule has 10 heteroatoms. The smallest absolute Gasteiger partial charge is 0.416 e. The fraction of sp³-hybridized carbons (Fsp3) is 0.417. The van der Waals surface area contributed by atoms with Crippen LogP contribution in [0.15, 0.2) is 42.5 Å². The van der Waals surface area contributed by atoms with Gasteiger partial charge in [-0.1, -0.05) is 0 Å². The predicted octanol–water partition coefficient (Wildman–Crippen LogP) is 3.69. The summed E-state index contributed by atoms with van der Waals surface area (Å²) >= 11 is 0. The molecule has 2 amide bonds. The lowest BCUT2D eigenvalue weighted by Crippen LogP contribution is -2.50. The van der Waals surface area contributed by atoms with Crippen LogP contribution in [0.25, 0.3) is 0 Å². The monoisotopic (exact) mass is 477 g/mol. The van der Waals surface area contributed by atoms with E-state index in [1.54, 1.807) is 24.1 Å². The molecule has 3 atom stereocenters. The standard InChI is InChI=1S/C24H26F3N3O4/c1-30-19-4-2-3-17(12-28)34-21(19)13-33-20-10-9-16(11-18(20)23(30)32)29-22(31)14-5-7-15(8-6-14)24(25,26)27/h5-11,17,19,21H,2-4,12-13,28H2,1H3,(H,29,31)/t17-,19-,21-/m0/s1. The van der Waals surface area contributed by atoms with Crippen LogP contribution in [0.1, 0.15) is 45.5 Å². The molecular formula is C24H26F3N3O4. The highest BCUT2D eigenvalue weighted by molar-refractivity contribution is 6.05. The molecule has 182 valence electrons. The summed E-state index contributed by atoms with van der Waals surface area (Å²) < 4.78 is 50.3. The molecule has 3 N–H and O–H groups in total. The second-order valence-corrected chi connectivity index (χ2v) is 8.50. The van der Waals surface area contributed by atoms with Gasteiger partial charge in [-0.3, -0.25) is 9.59 Å². The topological polar surface area (TPSA) is 93.9 Å². The number of nitrogens with zero attached hydrogens (tertiary/aromatic N) is 1. The highest BCUT2D eigenvalue weighted by atomic mass is 19.4. The van der Waals surface area contributed by atoms with Crippen molar-refractivity contribution >= 4 is 17.5 Å². The minimum Gasteiger partial charge on any atom is -0.490 e. The summed E-state index contributed by atoms with van der Waals surface area (Å²) in [6.45, 7) is 0.655. The van der Waals surface area contributed by atoms with Crippen LogP contribution in [-0.4, -0.2) is 55.2 Å². The molecular weight excluding hydrogens is 451 g/mol. The van der Waals surface area contributed by atoms with E-state index in [1.165, 1.54) is 6.07 Å². The van der Waals surface area contributed by atoms with Gasteiger partial charge in [0.1, 0.15) is 18.5 Å². The average molecular weight is 477 g/mol. The molecule has 1 fully saturated rings. The quantitative estimate of drug-likeness (QED) is 0.704. The molecule has 0 aliphatic carbocycles. The molecule has 2 aliphatic rings. The largest absolute Gasteiger partial charge is 0.490 e. The number of amides is 2. The van der Waals surface area contributed by atoms with Crippen LogP contribution in [0.5, 0.6) is 5.75 Å². The van der Waals surface area contributed by atoms with Gasteiger partial charge in [0.15, 0.2) is 0 Å². The summed E-state index contributed by atoms with van der Waals surface area (Å²) in [6, 6.07) is 8.40. The van der Waals surface area contributed by atoms with Gasteiger partial charge in [0, 0.05) is 24.8 Å². The first-order chi connectivity index (χ1) is 16.2. The van der Waals surface area contributed by atoms with Gasteiger partial charge < -0.3 is 25.4 Å². The molecule has 2 aromatic carbocycles. The summed E-state index contributed by atoms with van der Waals surface area (Å²) in [5.74, 6) is -0.503. The van der Waals surface area contributed by atoms with Crippen molar-refractivity contribution in [1.82, 2.24) is 4.90 Å². The summed E-state index contributed by atoms with van der Waals surface area (Å²) in [4.78, 5) is 27.5.